The van der Waals surface area contributed by atoms with E-state index in [1.165, 1.54) is 6.07 Å². The van der Waals surface area contributed by atoms with E-state index in [4.69, 9.17) is 15.0 Å². The van der Waals surface area contributed by atoms with Crippen molar-refractivity contribution < 1.29 is 4.39 Å². The molecule has 0 aliphatic rings. The summed E-state index contributed by atoms with van der Waals surface area (Å²) >= 11 is 0. The zero-order chi connectivity index (χ0) is 29.0. The van der Waals surface area contributed by atoms with Crippen LogP contribution >= 0.6 is 0 Å². The fourth-order valence-corrected chi connectivity index (χ4v) is 5.15. The van der Waals surface area contributed by atoms with Gasteiger partial charge in [-0.05, 0) is 33.9 Å². The molecule has 43 heavy (non-hydrogen) atoms. The Balaban J connectivity index is 1.31. The first-order valence-corrected chi connectivity index (χ1v) is 14.1. The van der Waals surface area contributed by atoms with Crippen LogP contribution in [0.4, 0.5) is 4.39 Å². The quantitative estimate of drug-likeness (QED) is 0.205. The minimum Gasteiger partial charge on any atom is -0.208 e. The molecular weight excluding hydrogens is 529 g/mol. The van der Waals surface area contributed by atoms with Crippen molar-refractivity contribution in [2.45, 2.75) is 0 Å². The molecule has 3 nitrogen and oxygen atoms in total. The maximum absolute atomic E-state index is 15.4. The molecule has 0 aliphatic carbocycles. The molecule has 0 bridgehead atoms. The molecule has 4 heteroatoms. The molecule has 0 spiro atoms. The lowest BCUT2D eigenvalue weighted by Gasteiger charge is -2.11. The molecule has 0 saturated heterocycles. The Morgan fingerprint density at radius 3 is 1.05 bits per heavy atom. The molecule has 6 aromatic carbocycles. The summed E-state index contributed by atoms with van der Waals surface area (Å²) in [5.74, 6) is 1.14. The number of hydrogen-bond donors (Lipinski definition) is 0. The third kappa shape index (κ3) is 5.59. The van der Waals surface area contributed by atoms with E-state index in [-0.39, 0.29) is 5.82 Å². The van der Waals surface area contributed by atoms with Crippen molar-refractivity contribution in [3.8, 4) is 67.5 Å². The highest BCUT2D eigenvalue weighted by Crippen LogP contribution is 2.31. The zero-order valence-corrected chi connectivity index (χ0v) is 23.2. The van der Waals surface area contributed by atoms with Crippen LogP contribution in [0.25, 0.3) is 67.5 Å². The first kappa shape index (κ1) is 26.2. The predicted octanol–water partition coefficient (Wildman–Crippen LogP) is 10.0. The van der Waals surface area contributed by atoms with Crippen molar-refractivity contribution in [3.63, 3.8) is 0 Å². The summed E-state index contributed by atoms with van der Waals surface area (Å²) in [7, 11) is 0. The maximum atomic E-state index is 15.4. The highest BCUT2D eigenvalue weighted by molar-refractivity contribution is 5.73. The van der Waals surface area contributed by atoms with Gasteiger partial charge in [-0.15, -0.1) is 0 Å². The summed E-state index contributed by atoms with van der Waals surface area (Å²) in [6.45, 7) is 0. The second-order valence-electron chi connectivity index (χ2n) is 10.3. The third-order valence-electron chi connectivity index (χ3n) is 7.45. The largest absolute Gasteiger partial charge is 0.208 e. The van der Waals surface area contributed by atoms with E-state index < -0.39 is 0 Å². The minimum absolute atomic E-state index is 0.327. The van der Waals surface area contributed by atoms with Crippen molar-refractivity contribution in [1.82, 2.24) is 15.0 Å². The lowest BCUT2D eigenvalue weighted by molar-refractivity contribution is 0.631. The third-order valence-corrected chi connectivity index (χ3v) is 7.45. The van der Waals surface area contributed by atoms with Gasteiger partial charge in [0.2, 0.25) is 0 Å². The molecule has 0 saturated carbocycles. The Hall–Kier alpha value is -5.74. The molecule has 7 aromatic rings. The van der Waals surface area contributed by atoms with E-state index in [2.05, 4.69) is 48.5 Å². The van der Waals surface area contributed by atoms with E-state index in [9.17, 15) is 0 Å². The van der Waals surface area contributed by atoms with Gasteiger partial charge in [0.25, 0.3) is 0 Å². The van der Waals surface area contributed by atoms with Gasteiger partial charge >= 0.3 is 0 Å². The summed E-state index contributed by atoms with van der Waals surface area (Å²) in [5, 5.41) is 0. The smallest absolute Gasteiger partial charge is 0.164 e. The van der Waals surface area contributed by atoms with Crippen molar-refractivity contribution in [1.29, 1.82) is 0 Å². The number of nitrogens with zero attached hydrogens (tertiary/aromatic N) is 3. The van der Waals surface area contributed by atoms with Gasteiger partial charge < -0.3 is 0 Å². The van der Waals surface area contributed by atoms with Crippen molar-refractivity contribution >= 4 is 0 Å². The van der Waals surface area contributed by atoms with Crippen LogP contribution in [-0.4, -0.2) is 15.0 Å². The Morgan fingerprint density at radius 1 is 0.302 bits per heavy atom. The minimum atomic E-state index is -0.327. The molecule has 1 aromatic heterocycles. The number of rotatable bonds is 6. The van der Waals surface area contributed by atoms with Crippen LogP contribution in [0.3, 0.4) is 0 Å². The molecule has 204 valence electrons. The van der Waals surface area contributed by atoms with Crippen LogP contribution < -0.4 is 0 Å². The number of halogens is 1. The second kappa shape index (κ2) is 11.6. The fraction of sp³-hybridized carbons (Fsp3) is 0. The molecule has 0 aliphatic heterocycles. The molecule has 1 heterocycles. The lowest BCUT2D eigenvalue weighted by Crippen LogP contribution is -2.00. The van der Waals surface area contributed by atoms with Gasteiger partial charge in [-0.2, -0.15) is 0 Å². The first-order chi connectivity index (χ1) is 21.2. The topological polar surface area (TPSA) is 38.7 Å². The molecule has 0 radical (unpaired) electrons. The monoisotopic (exact) mass is 555 g/mol. The van der Waals surface area contributed by atoms with Crippen molar-refractivity contribution in [2.75, 3.05) is 0 Å². The fourth-order valence-electron chi connectivity index (χ4n) is 5.15. The Morgan fingerprint density at radius 2 is 0.628 bits per heavy atom. The van der Waals surface area contributed by atoms with Crippen LogP contribution in [-0.2, 0) is 0 Å². The average molecular weight is 556 g/mol. The average Bonchev–Trinajstić information content (AvgIpc) is 3.09. The maximum Gasteiger partial charge on any atom is 0.164 e. The second-order valence-corrected chi connectivity index (χ2v) is 10.3. The van der Waals surface area contributed by atoms with Crippen LogP contribution in [0, 0.1) is 5.82 Å². The molecule has 0 N–H and O–H groups in total. The summed E-state index contributed by atoms with van der Waals surface area (Å²) < 4.78 is 15.4. The Kier molecular flexibility index (Phi) is 7.08. The van der Waals surface area contributed by atoms with Gasteiger partial charge in [0.1, 0.15) is 5.82 Å². The number of benzene rings is 6. The highest BCUT2D eigenvalue weighted by atomic mass is 19.1. The van der Waals surface area contributed by atoms with Crippen LogP contribution in [0.5, 0.6) is 0 Å². The molecule has 0 fully saturated rings. The number of hydrogen-bond acceptors (Lipinski definition) is 3. The molecular formula is C39H26FN3. The predicted molar refractivity (Wildman–Crippen MR) is 172 cm³/mol. The van der Waals surface area contributed by atoms with Gasteiger partial charge in [0.05, 0.1) is 0 Å². The van der Waals surface area contributed by atoms with Crippen molar-refractivity contribution in [3.05, 3.63) is 164 Å². The molecule has 7 rings (SSSR count). The van der Waals surface area contributed by atoms with E-state index in [1.54, 1.807) is 6.07 Å². The SMILES string of the molecule is Fc1cc(-c2nc(-c3ccc(-c4ccccc4)cc3)nc(-c3ccc(-c4ccccc4)cc3)n2)ccc1-c1ccccc1. The standard InChI is InChI=1S/C39H26FN3/c40-36-26-34(24-25-35(36)31-14-8-3-9-15-31)39-42-37(32-20-16-29(17-21-32)27-10-4-1-5-11-27)41-38(43-39)33-22-18-30(19-23-33)28-12-6-2-7-13-28/h1-26H. The van der Waals surface area contributed by atoms with Gasteiger partial charge in [0, 0.05) is 22.3 Å². The van der Waals surface area contributed by atoms with Crippen LogP contribution in [0.2, 0.25) is 0 Å². The van der Waals surface area contributed by atoms with E-state index in [1.807, 2.05) is 97.1 Å². The molecule has 0 unspecified atom stereocenters. The molecule has 0 atom stereocenters. The van der Waals surface area contributed by atoms with E-state index in [0.717, 1.165) is 38.9 Å². The van der Waals surface area contributed by atoms with E-state index >= 15 is 4.39 Å². The highest BCUT2D eigenvalue weighted by Gasteiger charge is 2.15. The van der Waals surface area contributed by atoms with Gasteiger partial charge in [0.15, 0.2) is 17.5 Å². The zero-order valence-electron chi connectivity index (χ0n) is 23.2. The normalized spacial score (nSPS) is 10.9. The van der Waals surface area contributed by atoms with Gasteiger partial charge in [-0.25, -0.2) is 19.3 Å². The van der Waals surface area contributed by atoms with E-state index in [0.29, 0.717) is 28.6 Å². The van der Waals surface area contributed by atoms with Crippen LogP contribution in [0.15, 0.2) is 158 Å². The Labute approximate surface area is 250 Å². The first-order valence-electron chi connectivity index (χ1n) is 14.1. The van der Waals surface area contributed by atoms with Gasteiger partial charge in [-0.1, -0.05) is 152 Å². The van der Waals surface area contributed by atoms with Crippen molar-refractivity contribution in [2.24, 2.45) is 0 Å². The summed E-state index contributed by atoms with van der Waals surface area (Å²) in [6.07, 6.45) is 0. The summed E-state index contributed by atoms with van der Waals surface area (Å²) in [6, 6.07) is 51.5. The summed E-state index contributed by atoms with van der Waals surface area (Å²) in [4.78, 5) is 14.5. The lowest BCUT2D eigenvalue weighted by atomic mass is 10.0. The van der Waals surface area contributed by atoms with Crippen LogP contribution in [0.1, 0.15) is 0 Å². The Bertz CT molecular complexity index is 1890. The van der Waals surface area contributed by atoms with Gasteiger partial charge in [-0.3, -0.25) is 0 Å². The molecule has 0 amide bonds. The summed E-state index contributed by atoms with van der Waals surface area (Å²) in [5.41, 5.74) is 8.13. The number of aromatic nitrogens is 3.